The summed E-state index contributed by atoms with van der Waals surface area (Å²) in [4.78, 5) is 9.35. The molecule has 3 rings (SSSR count). The molecule has 0 aliphatic carbocycles. The summed E-state index contributed by atoms with van der Waals surface area (Å²) >= 11 is 1.71. The van der Waals surface area contributed by atoms with Crippen LogP contribution in [0.3, 0.4) is 0 Å². The van der Waals surface area contributed by atoms with Gasteiger partial charge in [0.2, 0.25) is 0 Å². The van der Waals surface area contributed by atoms with Crippen LogP contribution in [0.5, 0.6) is 0 Å². The average Bonchev–Trinajstić information content (AvgIpc) is 2.57. The number of nitrogen functional groups attached to an aromatic ring is 1. The Kier molecular flexibility index (Phi) is 3.33. The molecule has 1 aromatic heterocycles. The monoisotopic (exact) mass is 276 g/mol. The smallest absolute Gasteiger partial charge is 0.0907 e. The number of thiazole rings is 1. The second kappa shape index (κ2) is 4.98. The highest BCUT2D eigenvalue weighted by atomic mass is 32.1. The van der Waals surface area contributed by atoms with Crippen molar-refractivity contribution in [2.45, 2.75) is 13.3 Å². The van der Waals surface area contributed by atoms with Crippen LogP contribution in [0.4, 0.5) is 11.4 Å². The van der Waals surface area contributed by atoms with Gasteiger partial charge >= 0.3 is 0 Å². The number of benzene rings is 1. The fraction of sp³-hybridized carbons (Fsp3) is 0.500. The molecule has 0 unspecified atom stereocenters. The maximum absolute atomic E-state index is 6.24. The normalized spacial score (nSPS) is 17.9. The molecule has 1 aliphatic rings. The summed E-state index contributed by atoms with van der Waals surface area (Å²) in [6, 6.07) is 4.23. The topological polar surface area (TPSA) is 45.4 Å². The lowest BCUT2D eigenvalue weighted by Crippen LogP contribution is -2.29. The van der Waals surface area contributed by atoms with Gasteiger partial charge in [0, 0.05) is 19.6 Å². The molecule has 0 bridgehead atoms. The van der Waals surface area contributed by atoms with Crippen molar-refractivity contribution in [2.24, 2.45) is 0 Å². The number of rotatable bonds is 1. The van der Waals surface area contributed by atoms with Crippen LogP contribution in [0.2, 0.25) is 0 Å². The van der Waals surface area contributed by atoms with E-state index < -0.39 is 0 Å². The van der Waals surface area contributed by atoms with Crippen molar-refractivity contribution in [2.75, 3.05) is 43.9 Å². The van der Waals surface area contributed by atoms with Crippen LogP contribution in [0.1, 0.15) is 11.4 Å². The molecule has 0 amide bonds. The number of hydrogen-bond acceptors (Lipinski definition) is 5. The van der Waals surface area contributed by atoms with Crippen LogP contribution < -0.4 is 10.6 Å². The van der Waals surface area contributed by atoms with Gasteiger partial charge in [-0.3, -0.25) is 0 Å². The molecule has 4 nitrogen and oxygen atoms in total. The third-order valence-corrected chi connectivity index (χ3v) is 4.64. The average molecular weight is 276 g/mol. The van der Waals surface area contributed by atoms with Crippen molar-refractivity contribution in [3.8, 4) is 0 Å². The predicted octanol–water partition coefficient (Wildman–Crippen LogP) is 2.33. The number of aryl methyl sites for hydroxylation is 1. The van der Waals surface area contributed by atoms with Crippen molar-refractivity contribution in [3.05, 3.63) is 17.1 Å². The molecule has 5 heteroatoms. The number of likely N-dealkylation sites (N-methyl/N-ethyl adjacent to an activating group) is 1. The molecule has 2 heterocycles. The van der Waals surface area contributed by atoms with E-state index in [2.05, 4.69) is 34.0 Å². The maximum atomic E-state index is 6.24. The SMILES string of the molecule is Cc1nc2cc(N3CCCN(C)CC3)c(N)cc2s1. The second-order valence-corrected chi connectivity index (χ2v) is 6.49. The molecule has 102 valence electrons. The second-order valence-electron chi connectivity index (χ2n) is 5.26. The van der Waals surface area contributed by atoms with Gasteiger partial charge in [0.1, 0.15) is 0 Å². The van der Waals surface area contributed by atoms with E-state index >= 15 is 0 Å². The third kappa shape index (κ3) is 2.53. The molecule has 0 atom stereocenters. The first-order valence-electron chi connectivity index (χ1n) is 6.73. The Labute approximate surface area is 117 Å². The maximum Gasteiger partial charge on any atom is 0.0907 e. The summed E-state index contributed by atoms with van der Waals surface area (Å²) in [5, 5.41) is 1.10. The molecule has 0 radical (unpaired) electrons. The molecule has 1 saturated heterocycles. The number of nitrogens with zero attached hydrogens (tertiary/aromatic N) is 3. The van der Waals surface area contributed by atoms with Crippen molar-refractivity contribution in [1.29, 1.82) is 0 Å². The highest BCUT2D eigenvalue weighted by molar-refractivity contribution is 7.18. The highest BCUT2D eigenvalue weighted by Crippen LogP contribution is 2.32. The minimum absolute atomic E-state index is 0.876. The Bertz CT molecular complexity index is 592. The standard InChI is InChI=1S/C14H20N4S/c1-10-16-12-9-13(11(15)8-14(12)19-10)18-5-3-4-17(2)6-7-18/h8-9H,3-7,15H2,1-2H3. The molecule has 19 heavy (non-hydrogen) atoms. The Morgan fingerprint density at radius 1 is 1.21 bits per heavy atom. The fourth-order valence-corrected chi connectivity index (χ4v) is 3.51. The molecule has 2 aromatic rings. The molecule has 0 spiro atoms. The quantitative estimate of drug-likeness (QED) is 0.812. The van der Waals surface area contributed by atoms with Gasteiger partial charge in [-0.1, -0.05) is 0 Å². The molecule has 1 aromatic carbocycles. The zero-order chi connectivity index (χ0) is 13.4. The van der Waals surface area contributed by atoms with E-state index in [-0.39, 0.29) is 0 Å². The van der Waals surface area contributed by atoms with Crippen LogP contribution in [0.25, 0.3) is 10.2 Å². The predicted molar refractivity (Wildman–Crippen MR) is 83.1 cm³/mol. The summed E-state index contributed by atoms with van der Waals surface area (Å²) in [6.07, 6.45) is 1.18. The van der Waals surface area contributed by atoms with Gasteiger partial charge in [-0.05, 0) is 39.1 Å². The molecular weight excluding hydrogens is 256 g/mol. The minimum Gasteiger partial charge on any atom is -0.397 e. The number of hydrogen-bond donors (Lipinski definition) is 1. The van der Waals surface area contributed by atoms with E-state index in [4.69, 9.17) is 5.73 Å². The molecule has 2 N–H and O–H groups in total. The Hall–Kier alpha value is -1.33. The summed E-state index contributed by atoms with van der Waals surface area (Å²) < 4.78 is 1.19. The van der Waals surface area contributed by atoms with Gasteiger partial charge in [0.05, 0.1) is 26.6 Å². The Morgan fingerprint density at radius 3 is 2.89 bits per heavy atom. The van der Waals surface area contributed by atoms with Crippen LogP contribution in [-0.4, -0.2) is 43.1 Å². The van der Waals surface area contributed by atoms with Gasteiger partial charge in [-0.15, -0.1) is 11.3 Å². The number of aromatic nitrogens is 1. The van der Waals surface area contributed by atoms with Gasteiger partial charge < -0.3 is 15.5 Å². The Morgan fingerprint density at radius 2 is 2.05 bits per heavy atom. The lowest BCUT2D eigenvalue weighted by atomic mass is 10.2. The first-order chi connectivity index (χ1) is 9.13. The minimum atomic E-state index is 0.876. The van der Waals surface area contributed by atoms with Crippen LogP contribution >= 0.6 is 11.3 Å². The van der Waals surface area contributed by atoms with E-state index in [0.717, 1.165) is 48.1 Å². The molecule has 1 aliphatic heterocycles. The van der Waals surface area contributed by atoms with Crippen molar-refractivity contribution >= 4 is 32.9 Å². The van der Waals surface area contributed by atoms with Crippen LogP contribution in [0.15, 0.2) is 12.1 Å². The third-order valence-electron chi connectivity index (χ3n) is 3.70. The summed E-state index contributed by atoms with van der Waals surface area (Å²) in [5.41, 5.74) is 9.33. The van der Waals surface area contributed by atoms with Crippen molar-refractivity contribution < 1.29 is 0 Å². The number of anilines is 2. The fourth-order valence-electron chi connectivity index (χ4n) is 2.66. The summed E-state index contributed by atoms with van der Waals surface area (Å²) in [5.74, 6) is 0. The molecular formula is C14H20N4S. The first kappa shape index (κ1) is 12.7. The highest BCUT2D eigenvalue weighted by Gasteiger charge is 2.16. The lowest BCUT2D eigenvalue weighted by Gasteiger charge is -2.24. The van der Waals surface area contributed by atoms with E-state index in [1.807, 2.05) is 6.92 Å². The number of nitrogens with two attached hydrogens (primary N) is 1. The van der Waals surface area contributed by atoms with Crippen LogP contribution in [-0.2, 0) is 0 Å². The van der Waals surface area contributed by atoms with Gasteiger partial charge in [0.25, 0.3) is 0 Å². The first-order valence-corrected chi connectivity index (χ1v) is 7.55. The molecule has 1 fully saturated rings. The largest absolute Gasteiger partial charge is 0.397 e. The zero-order valence-electron chi connectivity index (χ0n) is 11.5. The summed E-state index contributed by atoms with van der Waals surface area (Å²) in [7, 11) is 2.18. The van der Waals surface area contributed by atoms with E-state index in [9.17, 15) is 0 Å². The van der Waals surface area contributed by atoms with Crippen molar-refractivity contribution in [3.63, 3.8) is 0 Å². The Balaban J connectivity index is 1.96. The van der Waals surface area contributed by atoms with Crippen molar-refractivity contribution in [1.82, 2.24) is 9.88 Å². The molecule has 0 saturated carbocycles. The summed E-state index contributed by atoms with van der Waals surface area (Å²) in [6.45, 7) is 6.40. The van der Waals surface area contributed by atoms with E-state index in [1.54, 1.807) is 11.3 Å². The van der Waals surface area contributed by atoms with Gasteiger partial charge in [-0.25, -0.2) is 4.98 Å². The van der Waals surface area contributed by atoms with E-state index in [0.29, 0.717) is 0 Å². The zero-order valence-corrected chi connectivity index (χ0v) is 12.3. The van der Waals surface area contributed by atoms with E-state index in [1.165, 1.54) is 11.1 Å². The van der Waals surface area contributed by atoms with Crippen LogP contribution in [0, 0.1) is 6.92 Å². The van der Waals surface area contributed by atoms with Gasteiger partial charge in [0.15, 0.2) is 0 Å². The van der Waals surface area contributed by atoms with Gasteiger partial charge in [-0.2, -0.15) is 0 Å². The lowest BCUT2D eigenvalue weighted by molar-refractivity contribution is 0.360. The number of fused-ring (bicyclic) bond motifs is 1.